The maximum absolute atomic E-state index is 14.2. The predicted molar refractivity (Wildman–Crippen MR) is 251 cm³/mol. The van der Waals surface area contributed by atoms with Crippen LogP contribution in [0.25, 0.3) is 66.1 Å². The van der Waals surface area contributed by atoms with E-state index in [2.05, 4.69) is 51.9 Å². The minimum Gasteiger partial charge on any atom is -0.467 e. The van der Waals surface area contributed by atoms with E-state index >= 15 is 0 Å². The molecule has 3 amide bonds. The van der Waals surface area contributed by atoms with Crippen molar-refractivity contribution in [2.75, 3.05) is 32.5 Å². The van der Waals surface area contributed by atoms with Crippen LogP contribution < -0.4 is 26.4 Å². The number of benzene rings is 3. The molecule has 0 bridgehead atoms. The fourth-order valence-corrected chi connectivity index (χ4v) is 9.40. The Labute approximate surface area is 390 Å². The molecule has 0 radical (unpaired) electrons. The van der Waals surface area contributed by atoms with Crippen LogP contribution in [0.4, 0.5) is 14.7 Å². The van der Waals surface area contributed by atoms with Gasteiger partial charge >= 0.3 is 6.01 Å². The molecule has 5 N–H and O–H groups in total. The molecule has 0 aliphatic carbocycles. The van der Waals surface area contributed by atoms with E-state index < -0.39 is 0 Å². The van der Waals surface area contributed by atoms with E-state index in [1.165, 1.54) is 37.7 Å². The van der Waals surface area contributed by atoms with Crippen molar-refractivity contribution in [3.8, 4) is 45.5 Å². The van der Waals surface area contributed by atoms with Gasteiger partial charge in [-0.05, 0) is 67.4 Å². The lowest BCUT2D eigenvalue weighted by atomic mass is 10.0. The van der Waals surface area contributed by atoms with Crippen molar-refractivity contribution in [3.63, 3.8) is 0 Å². The van der Waals surface area contributed by atoms with Gasteiger partial charge in [0.05, 0.1) is 35.3 Å². The molecular weight excluding hydrogens is 887 g/mol. The molecule has 9 heterocycles. The lowest BCUT2D eigenvalue weighted by Crippen LogP contribution is -2.35. The molecule has 3 aromatic carbocycles. The van der Waals surface area contributed by atoms with Crippen molar-refractivity contribution in [2.24, 2.45) is 0 Å². The van der Waals surface area contributed by atoms with Gasteiger partial charge in [0, 0.05) is 126 Å². The van der Waals surface area contributed by atoms with Gasteiger partial charge in [-0.3, -0.25) is 14.4 Å². The number of methoxy groups -OCH3 is 1. The van der Waals surface area contributed by atoms with Crippen LogP contribution in [-0.2, 0) is 19.6 Å². The number of anilines is 1. The van der Waals surface area contributed by atoms with E-state index in [0.29, 0.717) is 84.2 Å². The summed E-state index contributed by atoms with van der Waals surface area (Å²) >= 11 is 0. The topological polar surface area (TPSA) is 238 Å². The zero-order valence-electron chi connectivity index (χ0n) is 37.3. The van der Waals surface area contributed by atoms with E-state index in [9.17, 15) is 28.4 Å². The second kappa shape index (κ2) is 17.6. The predicted octanol–water partition coefficient (Wildman–Crippen LogP) is 5.88. The summed E-state index contributed by atoms with van der Waals surface area (Å²) in [5, 5.41) is 20.1. The van der Waals surface area contributed by atoms with Crippen LogP contribution in [0.5, 0.6) is 6.01 Å². The number of nitrogens with two attached hydrogens (primary N) is 1. The van der Waals surface area contributed by atoms with Gasteiger partial charge in [-0.25, -0.2) is 38.7 Å². The lowest BCUT2D eigenvalue weighted by Gasteiger charge is -2.18. The number of nitrogen functional groups attached to an aromatic ring is 1. The third-order valence-corrected chi connectivity index (χ3v) is 12.4. The van der Waals surface area contributed by atoms with Crippen LogP contribution in [0.1, 0.15) is 48.2 Å². The Morgan fingerprint density at radius 1 is 0.623 bits per heavy atom. The van der Waals surface area contributed by atoms with Crippen molar-refractivity contribution in [2.45, 2.75) is 33.5 Å². The van der Waals surface area contributed by atoms with Gasteiger partial charge in [-0.15, -0.1) is 0 Å². The highest BCUT2D eigenvalue weighted by Crippen LogP contribution is 2.38. The van der Waals surface area contributed by atoms with E-state index in [1.807, 2.05) is 39.7 Å². The fraction of sp³-hybridized carbons (Fsp3) is 0.184. The molecule has 344 valence electrons. The largest absolute Gasteiger partial charge is 0.467 e. The highest BCUT2D eigenvalue weighted by molar-refractivity contribution is 6.08. The molecular formula is C49H40F2N14O4. The Kier molecular flexibility index (Phi) is 11.2. The minimum absolute atomic E-state index is 0.0868. The molecule has 0 fully saturated rings. The number of ether oxygens (including phenoxy) is 1. The molecule has 0 unspecified atom stereocenters. The van der Waals surface area contributed by atoms with E-state index in [1.54, 1.807) is 43.2 Å². The number of hydrogen-bond donors (Lipinski definition) is 4. The first-order chi connectivity index (χ1) is 33.4. The van der Waals surface area contributed by atoms with Crippen molar-refractivity contribution < 1.29 is 27.9 Å². The van der Waals surface area contributed by atoms with Crippen molar-refractivity contribution >= 4 is 56.4 Å². The zero-order chi connectivity index (χ0) is 48.1. The standard InChI is InChI=1S/C17H15FN4O2.C16H14FN5O.C16H11N5O/c1-9-12-5-11(18)6-13(10-7-20-17(24-2)21-8-10)15(12)22-4-3-19-16(23)14(9)22;1-8-11-4-10(17)5-12(9-6-20-16(18)21-7-9)14(11)22-3-2-19-15(23)13(8)22;17-6-10-3-11-5-14-16(22)20-1-2-21(14)15(11)13(4-10)12-7-18-9-19-8-12/h5-8H,3-4H2,1-2H3,(H,19,23);4-7H,2-3H2,1H3,(H,19,23)(H2,18,20,21);3-5,7-9H,1-2H2,(H,20,22). The van der Waals surface area contributed by atoms with Gasteiger partial charge in [-0.1, -0.05) is 0 Å². The highest BCUT2D eigenvalue weighted by atomic mass is 19.1. The number of carbonyl (C=O) groups excluding carboxylic acids is 3. The Morgan fingerprint density at radius 2 is 1.10 bits per heavy atom. The smallest absolute Gasteiger partial charge is 0.316 e. The van der Waals surface area contributed by atoms with E-state index in [-0.39, 0.29) is 41.3 Å². The van der Waals surface area contributed by atoms with Gasteiger partial charge in [0.2, 0.25) is 5.95 Å². The number of hydrogen-bond acceptors (Lipinski definition) is 12. The molecule has 18 nitrogen and oxygen atoms in total. The van der Waals surface area contributed by atoms with Crippen molar-refractivity contribution in [3.05, 3.63) is 131 Å². The summed E-state index contributed by atoms with van der Waals surface area (Å²) in [4.78, 5) is 60.7. The molecule has 6 aromatic heterocycles. The second-order valence-electron chi connectivity index (χ2n) is 16.4. The Morgan fingerprint density at radius 3 is 1.62 bits per heavy atom. The number of aromatic nitrogens is 9. The lowest BCUT2D eigenvalue weighted by molar-refractivity contribution is 0.0920. The average Bonchev–Trinajstić information content (AvgIpc) is 3.99. The number of aryl methyl sites for hydroxylation is 2. The number of carbonyl (C=O) groups is 3. The molecule has 0 atom stereocenters. The van der Waals surface area contributed by atoms with Gasteiger partial charge < -0.3 is 40.1 Å². The summed E-state index contributed by atoms with van der Waals surface area (Å²) in [7, 11) is 1.49. The van der Waals surface area contributed by atoms with E-state index in [4.69, 9.17) is 10.5 Å². The first-order valence-electron chi connectivity index (χ1n) is 21.7. The minimum atomic E-state index is -0.365. The summed E-state index contributed by atoms with van der Waals surface area (Å²) in [6.45, 7) is 7.35. The molecule has 3 aliphatic rings. The monoisotopic (exact) mass is 926 g/mol. The summed E-state index contributed by atoms with van der Waals surface area (Å²) in [5.41, 5.74) is 16.4. The second-order valence-corrected chi connectivity index (χ2v) is 16.4. The van der Waals surface area contributed by atoms with Gasteiger partial charge in [0.25, 0.3) is 17.7 Å². The number of halogens is 2. The Hall–Kier alpha value is -9.12. The number of fused-ring (bicyclic) bond motifs is 9. The fourth-order valence-electron chi connectivity index (χ4n) is 9.40. The molecule has 12 rings (SSSR count). The molecule has 0 spiro atoms. The van der Waals surface area contributed by atoms with Crippen LogP contribution in [0.2, 0.25) is 0 Å². The number of amides is 3. The zero-order valence-corrected chi connectivity index (χ0v) is 37.3. The molecule has 3 aliphatic heterocycles. The van der Waals surface area contributed by atoms with Gasteiger partial charge in [0.15, 0.2) is 0 Å². The Bertz CT molecular complexity index is 3600. The van der Waals surface area contributed by atoms with E-state index in [0.717, 1.165) is 55.0 Å². The molecule has 9 aromatic rings. The van der Waals surface area contributed by atoms with Gasteiger partial charge in [-0.2, -0.15) is 5.26 Å². The summed E-state index contributed by atoms with van der Waals surface area (Å²) < 4.78 is 39.2. The maximum Gasteiger partial charge on any atom is 0.316 e. The molecule has 0 saturated heterocycles. The molecule has 0 saturated carbocycles. The quantitative estimate of drug-likeness (QED) is 0.162. The van der Waals surface area contributed by atoms with Crippen LogP contribution in [0.3, 0.4) is 0 Å². The maximum atomic E-state index is 14.2. The third-order valence-electron chi connectivity index (χ3n) is 12.4. The normalized spacial score (nSPS) is 13.7. The summed E-state index contributed by atoms with van der Waals surface area (Å²) in [6, 6.07) is 13.7. The van der Waals surface area contributed by atoms with Gasteiger partial charge in [0.1, 0.15) is 35.0 Å². The van der Waals surface area contributed by atoms with Crippen molar-refractivity contribution in [1.82, 2.24) is 59.6 Å². The van der Waals surface area contributed by atoms with Crippen LogP contribution in [0, 0.1) is 36.8 Å². The van der Waals surface area contributed by atoms with Crippen LogP contribution in [-0.4, -0.2) is 88.1 Å². The SMILES string of the molecule is COc1ncc(-c2cc(F)cc3c(C)c4n(c23)CCNC4=O)cn1.Cc1c2n(c3c(-c4cnc(N)nc4)cc(F)cc13)CCNC2=O.N#Cc1cc(-c2cncnc2)c2c(c1)cc1n2CCNC1=O. The summed E-state index contributed by atoms with van der Waals surface area (Å²) in [6.07, 6.45) is 11.2. The first-order valence-corrected chi connectivity index (χ1v) is 21.7. The molecule has 20 heteroatoms. The number of rotatable bonds is 4. The summed E-state index contributed by atoms with van der Waals surface area (Å²) in [5.74, 6) is -0.918. The Balaban J connectivity index is 0.000000120. The average molecular weight is 927 g/mol. The van der Waals surface area contributed by atoms with Crippen LogP contribution in [0.15, 0.2) is 86.0 Å². The number of nitriles is 1. The number of nitrogens with one attached hydrogen (secondary N) is 3. The molecule has 69 heavy (non-hydrogen) atoms. The highest BCUT2D eigenvalue weighted by Gasteiger charge is 2.28. The first kappa shape index (κ1) is 43.8. The van der Waals surface area contributed by atoms with Crippen molar-refractivity contribution in [1.29, 1.82) is 5.26 Å². The third kappa shape index (κ3) is 7.74. The number of nitrogens with zero attached hydrogens (tertiary/aromatic N) is 10. The van der Waals surface area contributed by atoms with Crippen LogP contribution >= 0.6 is 0 Å².